The summed E-state index contributed by atoms with van der Waals surface area (Å²) in [5.74, 6) is 0.322. The van der Waals surface area contributed by atoms with Crippen LogP contribution in [-0.4, -0.2) is 47.9 Å². The zero-order valence-corrected chi connectivity index (χ0v) is 16.8. The summed E-state index contributed by atoms with van der Waals surface area (Å²) < 4.78 is 6.89. The van der Waals surface area contributed by atoms with E-state index in [-0.39, 0.29) is 17.8 Å². The van der Waals surface area contributed by atoms with Crippen LogP contribution in [0.25, 0.3) is 5.69 Å². The van der Waals surface area contributed by atoms with Crippen LogP contribution >= 0.6 is 0 Å². The van der Waals surface area contributed by atoms with Crippen molar-refractivity contribution in [3.05, 3.63) is 41.6 Å². The number of hydrogen-bond donors (Lipinski definition) is 2. The summed E-state index contributed by atoms with van der Waals surface area (Å²) in [6.45, 7) is 8.01. The van der Waals surface area contributed by atoms with Crippen molar-refractivity contribution in [2.24, 2.45) is 5.92 Å². The Hall–Kier alpha value is -2.67. The lowest BCUT2D eigenvalue weighted by molar-refractivity contribution is -0.899. The SMILES string of the molecule is CCOC(=O)[C@@H]1CCC[NH+](CC(=O)Nc2cc(C)nn2-c2ccc(C)cc2)C1. The Morgan fingerprint density at radius 2 is 2.04 bits per heavy atom. The molecule has 2 aromatic rings. The molecular weight excluding hydrogens is 356 g/mol. The van der Waals surface area contributed by atoms with E-state index < -0.39 is 0 Å². The largest absolute Gasteiger partial charge is 0.466 e. The second-order valence-corrected chi connectivity index (χ2v) is 7.44. The van der Waals surface area contributed by atoms with E-state index >= 15 is 0 Å². The van der Waals surface area contributed by atoms with E-state index in [1.807, 2.05) is 51.1 Å². The van der Waals surface area contributed by atoms with Gasteiger partial charge in [-0.15, -0.1) is 0 Å². The van der Waals surface area contributed by atoms with Gasteiger partial charge in [0.05, 0.1) is 31.1 Å². The van der Waals surface area contributed by atoms with E-state index in [4.69, 9.17) is 4.74 Å². The maximum Gasteiger partial charge on any atom is 0.314 e. The van der Waals surface area contributed by atoms with Crippen molar-refractivity contribution in [3.8, 4) is 5.69 Å². The van der Waals surface area contributed by atoms with Crippen molar-refractivity contribution in [2.45, 2.75) is 33.6 Å². The third-order valence-electron chi connectivity index (χ3n) is 5.03. The van der Waals surface area contributed by atoms with Crippen molar-refractivity contribution in [2.75, 3.05) is 31.6 Å². The fraction of sp³-hybridized carbons (Fsp3) is 0.476. The Morgan fingerprint density at radius 3 is 2.75 bits per heavy atom. The molecule has 0 spiro atoms. The number of quaternary nitrogens is 1. The molecule has 2 atom stereocenters. The Balaban J connectivity index is 1.64. The number of piperidine rings is 1. The molecule has 1 aromatic carbocycles. The lowest BCUT2D eigenvalue weighted by Crippen LogP contribution is -3.14. The van der Waals surface area contributed by atoms with Gasteiger partial charge < -0.3 is 15.0 Å². The van der Waals surface area contributed by atoms with Crippen molar-refractivity contribution in [1.82, 2.24) is 9.78 Å². The van der Waals surface area contributed by atoms with Gasteiger partial charge in [0.25, 0.3) is 5.91 Å². The molecule has 1 aliphatic rings. The van der Waals surface area contributed by atoms with Gasteiger partial charge in [0.1, 0.15) is 11.7 Å². The first-order valence-electron chi connectivity index (χ1n) is 9.90. The number of aromatic nitrogens is 2. The smallest absolute Gasteiger partial charge is 0.314 e. The zero-order chi connectivity index (χ0) is 20.1. The van der Waals surface area contributed by atoms with Gasteiger partial charge in [-0.05, 0) is 45.7 Å². The van der Waals surface area contributed by atoms with Crippen LogP contribution in [0.2, 0.25) is 0 Å². The highest BCUT2D eigenvalue weighted by atomic mass is 16.5. The van der Waals surface area contributed by atoms with Crippen molar-refractivity contribution >= 4 is 17.7 Å². The number of hydrogen-bond acceptors (Lipinski definition) is 4. The lowest BCUT2D eigenvalue weighted by Gasteiger charge is -2.28. The number of rotatable bonds is 6. The molecule has 0 radical (unpaired) electrons. The van der Waals surface area contributed by atoms with Crippen LogP contribution < -0.4 is 10.2 Å². The van der Waals surface area contributed by atoms with Gasteiger partial charge in [0.2, 0.25) is 0 Å². The second-order valence-electron chi connectivity index (χ2n) is 7.44. The number of nitrogens with zero attached hydrogens (tertiary/aromatic N) is 2. The van der Waals surface area contributed by atoms with Gasteiger partial charge in [-0.2, -0.15) is 5.10 Å². The molecule has 1 fully saturated rings. The summed E-state index contributed by atoms with van der Waals surface area (Å²) in [5, 5.41) is 7.49. The summed E-state index contributed by atoms with van der Waals surface area (Å²) in [4.78, 5) is 25.8. The zero-order valence-electron chi connectivity index (χ0n) is 16.8. The van der Waals surface area contributed by atoms with Crippen LogP contribution in [0.1, 0.15) is 31.0 Å². The molecule has 1 aromatic heterocycles. The number of likely N-dealkylation sites (tertiary alicyclic amines) is 1. The van der Waals surface area contributed by atoms with E-state index in [9.17, 15) is 9.59 Å². The molecule has 1 unspecified atom stereocenters. The quantitative estimate of drug-likeness (QED) is 0.735. The Labute approximate surface area is 165 Å². The monoisotopic (exact) mass is 385 g/mol. The average Bonchev–Trinajstić information content (AvgIpc) is 3.02. The summed E-state index contributed by atoms with van der Waals surface area (Å²) in [7, 11) is 0. The molecule has 7 nitrogen and oxygen atoms in total. The van der Waals surface area contributed by atoms with E-state index in [2.05, 4.69) is 10.4 Å². The van der Waals surface area contributed by atoms with Gasteiger partial charge in [0, 0.05) is 6.07 Å². The summed E-state index contributed by atoms with van der Waals surface area (Å²) in [6.07, 6.45) is 1.76. The molecule has 0 saturated carbocycles. The van der Waals surface area contributed by atoms with Crippen molar-refractivity contribution < 1.29 is 19.2 Å². The third kappa shape index (κ3) is 4.98. The number of carbonyl (C=O) groups excluding carboxylic acids is 2. The van der Waals surface area contributed by atoms with Gasteiger partial charge in [-0.25, -0.2) is 4.68 Å². The van der Waals surface area contributed by atoms with E-state index in [1.165, 1.54) is 5.56 Å². The number of aryl methyl sites for hydroxylation is 2. The van der Waals surface area contributed by atoms with Crippen molar-refractivity contribution in [1.29, 1.82) is 0 Å². The fourth-order valence-electron chi connectivity index (χ4n) is 3.66. The number of anilines is 1. The van der Waals surface area contributed by atoms with Crippen molar-refractivity contribution in [3.63, 3.8) is 0 Å². The van der Waals surface area contributed by atoms with Crippen LogP contribution in [0.4, 0.5) is 5.82 Å². The predicted octanol–water partition coefficient (Wildman–Crippen LogP) is 1.29. The number of nitrogens with one attached hydrogen (secondary N) is 2. The number of benzene rings is 1. The molecule has 2 N–H and O–H groups in total. The Morgan fingerprint density at radius 1 is 1.29 bits per heavy atom. The molecule has 2 heterocycles. The molecule has 150 valence electrons. The first-order chi connectivity index (χ1) is 13.5. The topological polar surface area (TPSA) is 77.7 Å². The minimum atomic E-state index is -0.145. The standard InChI is InChI=1S/C21H28N4O3/c1-4-28-21(27)17-6-5-11-24(13-17)14-20(26)22-19-12-16(3)23-25(19)18-9-7-15(2)8-10-18/h7-10,12,17H,4-6,11,13-14H2,1-3H3,(H,22,26)/p+1/t17-/m1/s1. The molecule has 3 rings (SSSR count). The highest BCUT2D eigenvalue weighted by Gasteiger charge is 2.30. The van der Waals surface area contributed by atoms with Crippen LogP contribution in [0.15, 0.2) is 30.3 Å². The molecular formula is C21H29N4O3+. The predicted molar refractivity (Wildman–Crippen MR) is 107 cm³/mol. The average molecular weight is 385 g/mol. The van der Waals surface area contributed by atoms with Crippen LogP contribution in [-0.2, 0) is 14.3 Å². The van der Waals surface area contributed by atoms with Gasteiger partial charge >= 0.3 is 5.97 Å². The van der Waals surface area contributed by atoms with Crippen LogP contribution in [0.5, 0.6) is 0 Å². The van der Waals surface area contributed by atoms with E-state index in [1.54, 1.807) is 4.68 Å². The normalized spacial score (nSPS) is 19.2. The fourth-order valence-corrected chi connectivity index (χ4v) is 3.66. The van der Waals surface area contributed by atoms with Crippen LogP contribution in [0, 0.1) is 19.8 Å². The molecule has 0 aliphatic carbocycles. The van der Waals surface area contributed by atoms with Gasteiger partial charge in [-0.3, -0.25) is 9.59 Å². The first-order valence-corrected chi connectivity index (χ1v) is 9.90. The van der Waals surface area contributed by atoms with E-state index in [0.29, 0.717) is 25.5 Å². The maximum absolute atomic E-state index is 12.6. The molecule has 1 amide bonds. The van der Waals surface area contributed by atoms with Gasteiger partial charge in [-0.1, -0.05) is 17.7 Å². The number of ether oxygens (including phenoxy) is 1. The Kier molecular flexibility index (Phi) is 6.46. The van der Waals surface area contributed by atoms with E-state index in [0.717, 1.165) is 35.7 Å². The first kappa shape index (κ1) is 20.1. The minimum absolute atomic E-state index is 0.0761. The highest BCUT2D eigenvalue weighted by Crippen LogP contribution is 2.17. The maximum atomic E-state index is 12.6. The number of carbonyl (C=O) groups is 2. The molecule has 28 heavy (non-hydrogen) atoms. The summed E-state index contributed by atoms with van der Waals surface area (Å²) in [5.41, 5.74) is 2.91. The Bertz CT molecular complexity index is 829. The third-order valence-corrected chi connectivity index (χ3v) is 5.03. The summed E-state index contributed by atoms with van der Waals surface area (Å²) in [6, 6.07) is 9.87. The molecule has 1 aliphatic heterocycles. The molecule has 0 bridgehead atoms. The highest BCUT2D eigenvalue weighted by molar-refractivity contribution is 5.91. The molecule has 1 saturated heterocycles. The van der Waals surface area contributed by atoms with Crippen LogP contribution in [0.3, 0.4) is 0 Å². The van der Waals surface area contributed by atoms with Gasteiger partial charge in [0.15, 0.2) is 6.54 Å². The minimum Gasteiger partial charge on any atom is -0.466 e. The second kappa shape index (κ2) is 9.01. The lowest BCUT2D eigenvalue weighted by atomic mass is 9.98. The number of esters is 1. The number of amides is 1. The summed E-state index contributed by atoms with van der Waals surface area (Å²) >= 11 is 0. The molecule has 7 heteroatoms.